The van der Waals surface area contributed by atoms with E-state index in [4.69, 9.17) is 0 Å². The molecule has 2 aliphatic carbocycles. The maximum atomic E-state index is 12.7. The van der Waals surface area contributed by atoms with Crippen LogP contribution in [0.1, 0.15) is 56.9 Å². The van der Waals surface area contributed by atoms with Gasteiger partial charge in [-0.2, -0.15) is 0 Å². The molecule has 6 heteroatoms. The Morgan fingerprint density at radius 1 is 1.14 bits per heavy atom. The van der Waals surface area contributed by atoms with Gasteiger partial charge in [-0.25, -0.2) is 0 Å². The molecule has 0 aromatic heterocycles. The summed E-state index contributed by atoms with van der Waals surface area (Å²) in [5.41, 5.74) is 1.66. The number of hydrogen-bond donors (Lipinski definition) is 2. The largest absolute Gasteiger partial charge is 0.356 e. The Bertz CT molecular complexity index is 698. The van der Waals surface area contributed by atoms with Crippen LogP contribution < -0.4 is 10.6 Å². The predicted octanol–water partition coefficient (Wildman–Crippen LogP) is 3.68. The van der Waals surface area contributed by atoms with Crippen molar-refractivity contribution in [1.82, 2.24) is 15.5 Å². The summed E-state index contributed by atoms with van der Waals surface area (Å²) in [5, 5.41) is 7.13. The van der Waals surface area contributed by atoms with Gasteiger partial charge in [-0.3, -0.25) is 9.79 Å². The van der Waals surface area contributed by atoms with Crippen LogP contribution in [0.3, 0.4) is 0 Å². The quantitative estimate of drug-likeness (QED) is 0.361. The topological polar surface area (TPSA) is 56.7 Å². The molecular formula is C23H35IN4O. The van der Waals surface area contributed by atoms with Crippen LogP contribution >= 0.6 is 24.0 Å². The molecule has 1 aromatic carbocycles. The smallest absolute Gasteiger partial charge is 0.225 e. The zero-order chi connectivity index (χ0) is 19.4. The lowest BCUT2D eigenvalue weighted by Gasteiger charge is -2.43. The first-order valence-corrected chi connectivity index (χ1v) is 11.0. The Morgan fingerprint density at radius 2 is 1.86 bits per heavy atom. The van der Waals surface area contributed by atoms with Crippen molar-refractivity contribution in [2.75, 3.05) is 26.7 Å². The number of rotatable bonds is 5. The maximum absolute atomic E-state index is 12.7. The molecule has 3 aliphatic rings. The average molecular weight is 510 g/mol. The molecule has 3 fully saturated rings. The van der Waals surface area contributed by atoms with Gasteiger partial charge in [0.15, 0.2) is 5.96 Å². The molecule has 1 unspecified atom stereocenters. The second-order valence-corrected chi connectivity index (χ2v) is 8.82. The third-order valence-corrected chi connectivity index (χ3v) is 7.06. The fraction of sp³-hybridized carbons (Fsp3) is 0.652. The lowest BCUT2D eigenvalue weighted by molar-refractivity contribution is -0.134. The lowest BCUT2D eigenvalue weighted by atomic mass is 9.64. The van der Waals surface area contributed by atoms with Crippen LogP contribution in [-0.2, 0) is 10.2 Å². The molecule has 1 aromatic rings. The number of aliphatic imine (C=N–C) groups is 1. The van der Waals surface area contributed by atoms with Crippen LogP contribution in [-0.4, -0.2) is 49.5 Å². The number of halogens is 1. The second-order valence-electron chi connectivity index (χ2n) is 8.82. The minimum atomic E-state index is 0. The number of carbonyl (C=O) groups is 1. The first-order chi connectivity index (χ1) is 13.7. The van der Waals surface area contributed by atoms with E-state index in [9.17, 15) is 4.79 Å². The monoisotopic (exact) mass is 510 g/mol. The van der Waals surface area contributed by atoms with E-state index in [1.54, 1.807) is 0 Å². The zero-order valence-corrected chi connectivity index (χ0v) is 19.9. The highest BCUT2D eigenvalue weighted by Gasteiger charge is 2.39. The molecule has 2 N–H and O–H groups in total. The maximum Gasteiger partial charge on any atom is 0.225 e. The van der Waals surface area contributed by atoms with Crippen LogP contribution in [0.2, 0.25) is 0 Å². The SMILES string of the molecule is CN=C(NCC1(c2ccccc2)CCC1)NC1CCN(C(=O)C2CCCC2)C1.I. The molecule has 1 atom stereocenters. The number of benzene rings is 1. The van der Waals surface area contributed by atoms with E-state index in [1.807, 2.05) is 7.05 Å². The van der Waals surface area contributed by atoms with Gasteiger partial charge in [0.1, 0.15) is 0 Å². The summed E-state index contributed by atoms with van der Waals surface area (Å²) in [7, 11) is 1.84. The number of guanidine groups is 1. The molecule has 1 aliphatic heterocycles. The summed E-state index contributed by atoms with van der Waals surface area (Å²) in [4.78, 5) is 19.2. The van der Waals surface area contributed by atoms with Crippen molar-refractivity contribution in [3.8, 4) is 0 Å². The van der Waals surface area contributed by atoms with E-state index < -0.39 is 0 Å². The van der Waals surface area contributed by atoms with Gasteiger partial charge in [-0.05, 0) is 37.7 Å². The Labute approximate surface area is 192 Å². The van der Waals surface area contributed by atoms with Crippen molar-refractivity contribution in [1.29, 1.82) is 0 Å². The average Bonchev–Trinajstić information content (AvgIpc) is 3.39. The molecule has 0 radical (unpaired) electrons. The molecule has 160 valence electrons. The van der Waals surface area contributed by atoms with E-state index in [2.05, 4.69) is 50.9 Å². The van der Waals surface area contributed by atoms with E-state index in [1.165, 1.54) is 37.7 Å². The minimum absolute atomic E-state index is 0. The van der Waals surface area contributed by atoms with Crippen molar-refractivity contribution < 1.29 is 4.79 Å². The fourth-order valence-electron chi connectivity index (χ4n) is 5.11. The van der Waals surface area contributed by atoms with Gasteiger partial charge in [0.2, 0.25) is 5.91 Å². The number of carbonyl (C=O) groups excluding carboxylic acids is 1. The highest BCUT2D eigenvalue weighted by molar-refractivity contribution is 14.0. The van der Waals surface area contributed by atoms with Gasteiger partial charge in [0.25, 0.3) is 0 Å². The van der Waals surface area contributed by atoms with Gasteiger partial charge in [-0.15, -0.1) is 24.0 Å². The molecule has 1 heterocycles. The highest BCUT2D eigenvalue weighted by atomic mass is 127. The fourth-order valence-corrected chi connectivity index (χ4v) is 5.11. The summed E-state index contributed by atoms with van der Waals surface area (Å²) >= 11 is 0. The Kier molecular flexibility index (Phi) is 7.82. The molecule has 0 bridgehead atoms. The summed E-state index contributed by atoms with van der Waals surface area (Å²) in [6.07, 6.45) is 9.35. The molecule has 1 saturated heterocycles. The van der Waals surface area contributed by atoms with Crippen molar-refractivity contribution in [2.45, 2.75) is 62.8 Å². The Balaban J connectivity index is 0.00000240. The molecule has 2 saturated carbocycles. The molecule has 29 heavy (non-hydrogen) atoms. The number of hydrogen-bond acceptors (Lipinski definition) is 2. The van der Waals surface area contributed by atoms with Crippen molar-refractivity contribution in [3.63, 3.8) is 0 Å². The van der Waals surface area contributed by atoms with Gasteiger partial charge < -0.3 is 15.5 Å². The standard InChI is InChI=1S/C23H34N4O.HI/c1-24-22(25-17-23(13-7-14-23)19-10-3-2-4-11-19)26-20-12-15-27(16-20)21(28)18-8-5-6-9-18;/h2-4,10-11,18,20H,5-9,12-17H2,1H3,(H2,24,25,26);1H. The van der Waals surface area contributed by atoms with Crippen molar-refractivity contribution in [3.05, 3.63) is 35.9 Å². The normalized spacial score (nSPS) is 24.0. The van der Waals surface area contributed by atoms with Crippen LogP contribution in [0, 0.1) is 5.92 Å². The van der Waals surface area contributed by atoms with Gasteiger partial charge in [0, 0.05) is 44.1 Å². The summed E-state index contributed by atoms with van der Waals surface area (Å²) in [6, 6.07) is 11.2. The van der Waals surface area contributed by atoms with E-state index in [0.29, 0.717) is 11.9 Å². The summed E-state index contributed by atoms with van der Waals surface area (Å²) < 4.78 is 0. The lowest BCUT2D eigenvalue weighted by Crippen LogP contribution is -2.51. The molecule has 1 amide bonds. The molecular weight excluding hydrogens is 475 g/mol. The summed E-state index contributed by atoms with van der Waals surface area (Å²) in [5.74, 6) is 1.52. The Hall–Kier alpha value is -1.31. The van der Waals surface area contributed by atoms with Gasteiger partial charge >= 0.3 is 0 Å². The van der Waals surface area contributed by atoms with Crippen molar-refractivity contribution >= 4 is 35.8 Å². The number of likely N-dealkylation sites (tertiary alicyclic amines) is 1. The first kappa shape index (κ1) is 22.4. The zero-order valence-electron chi connectivity index (χ0n) is 17.5. The number of amides is 1. The van der Waals surface area contributed by atoms with E-state index >= 15 is 0 Å². The molecule has 5 nitrogen and oxygen atoms in total. The molecule has 0 spiro atoms. The van der Waals surface area contributed by atoms with E-state index in [0.717, 1.165) is 44.9 Å². The highest BCUT2D eigenvalue weighted by Crippen LogP contribution is 2.43. The van der Waals surface area contributed by atoms with Gasteiger partial charge in [-0.1, -0.05) is 49.6 Å². The minimum Gasteiger partial charge on any atom is -0.356 e. The van der Waals surface area contributed by atoms with Gasteiger partial charge in [0.05, 0.1) is 0 Å². The third-order valence-electron chi connectivity index (χ3n) is 7.06. The van der Waals surface area contributed by atoms with Crippen LogP contribution in [0.15, 0.2) is 35.3 Å². The van der Waals surface area contributed by atoms with Crippen LogP contribution in [0.4, 0.5) is 0 Å². The second kappa shape index (κ2) is 10.1. The summed E-state index contributed by atoms with van der Waals surface area (Å²) in [6.45, 7) is 2.59. The van der Waals surface area contributed by atoms with Crippen LogP contribution in [0.5, 0.6) is 0 Å². The number of nitrogens with zero attached hydrogens (tertiary/aromatic N) is 2. The Morgan fingerprint density at radius 3 is 2.48 bits per heavy atom. The van der Waals surface area contributed by atoms with Crippen molar-refractivity contribution in [2.24, 2.45) is 10.9 Å². The van der Waals surface area contributed by atoms with Crippen LogP contribution in [0.25, 0.3) is 0 Å². The molecule has 4 rings (SSSR count). The van der Waals surface area contributed by atoms with E-state index in [-0.39, 0.29) is 35.3 Å². The number of nitrogens with one attached hydrogen (secondary N) is 2. The predicted molar refractivity (Wildman–Crippen MR) is 129 cm³/mol. The third kappa shape index (κ3) is 5.06. The first-order valence-electron chi connectivity index (χ1n) is 11.0.